The summed E-state index contributed by atoms with van der Waals surface area (Å²) in [7, 11) is 0. The number of nitrogens with one attached hydrogen (secondary N) is 1. The first-order valence-electron chi connectivity index (χ1n) is 12.5. The summed E-state index contributed by atoms with van der Waals surface area (Å²) in [6, 6.07) is 12.3. The van der Waals surface area contributed by atoms with Crippen molar-refractivity contribution in [3.8, 4) is 16.9 Å². The Morgan fingerprint density at radius 2 is 1.64 bits per heavy atom. The van der Waals surface area contributed by atoms with Crippen molar-refractivity contribution in [3.05, 3.63) is 75.0 Å². The molecule has 2 N–H and O–H groups in total. The molecule has 0 bridgehead atoms. The first-order valence-corrected chi connectivity index (χ1v) is 13.3. The zero-order valence-electron chi connectivity index (χ0n) is 22.4. The number of amides is 1. The molecule has 3 rings (SSSR count). The number of benzene rings is 2. The normalized spacial score (nSPS) is 13.2. The maximum atomic E-state index is 13.0. The molecule has 2 aromatic carbocycles. The Labute approximate surface area is 229 Å². The minimum absolute atomic E-state index is 0.0559. The molecule has 1 heterocycles. The van der Waals surface area contributed by atoms with Crippen molar-refractivity contribution in [2.24, 2.45) is 5.92 Å². The predicted molar refractivity (Wildman–Crippen MR) is 144 cm³/mol. The summed E-state index contributed by atoms with van der Waals surface area (Å²) >= 11 is 1.25. The molecule has 10 heteroatoms. The summed E-state index contributed by atoms with van der Waals surface area (Å²) in [5.41, 5.74) is 2.56. The van der Waals surface area contributed by atoms with E-state index in [1.54, 1.807) is 13.0 Å². The number of halogens is 3. The van der Waals surface area contributed by atoms with Crippen LogP contribution in [0.4, 0.5) is 13.2 Å². The van der Waals surface area contributed by atoms with E-state index in [2.05, 4.69) is 5.32 Å². The van der Waals surface area contributed by atoms with Crippen LogP contribution in [0.1, 0.15) is 58.1 Å². The summed E-state index contributed by atoms with van der Waals surface area (Å²) in [6.07, 6.45) is -6.20. The van der Waals surface area contributed by atoms with E-state index in [1.807, 2.05) is 45.9 Å². The van der Waals surface area contributed by atoms with Gasteiger partial charge in [-0.2, -0.15) is 13.2 Å². The van der Waals surface area contributed by atoms with E-state index < -0.39 is 29.7 Å². The molecule has 0 saturated heterocycles. The van der Waals surface area contributed by atoms with Crippen LogP contribution in [0.3, 0.4) is 0 Å². The summed E-state index contributed by atoms with van der Waals surface area (Å²) < 4.78 is 50.0. The second kappa shape index (κ2) is 12.7. The third kappa shape index (κ3) is 7.60. The minimum Gasteiger partial charge on any atom is -0.485 e. The Bertz CT molecular complexity index is 1280. The van der Waals surface area contributed by atoms with E-state index in [0.29, 0.717) is 16.2 Å². The lowest BCUT2D eigenvalue weighted by Crippen LogP contribution is -2.37. The van der Waals surface area contributed by atoms with Crippen LogP contribution in [0, 0.1) is 19.8 Å². The third-order valence-electron chi connectivity index (χ3n) is 6.02. The van der Waals surface area contributed by atoms with Crippen molar-refractivity contribution >= 4 is 23.2 Å². The number of aliphatic hydroxyl groups is 1. The van der Waals surface area contributed by atoms with Crippen molar-refractivity contribution in [2.75, 3.05) is 13.2 Å². The van der Waals surface area contributed by atoms with Crippen molar-refractivity contribution in [1.29, 1.82) is 0 Å². The molecule has 210 valence electrons. The average molecular weight is 564 g/mol. The number of hydrogen-bond acceptors (Lipinski definition) is 6. The van der Waals surface area contributed by atoms with Gasteiger partial charge in [0.1, 0.15) is 11.9 Å². The highest BCUT2D eigenvalue weighted by Crippen LogP contribution is 2.37. The number of carbonyl (C=O) groups excluding carboxylic acids is 2. The number of carbonyl (C=O) groups is 2. The van der Waals surface area contributed by atoms with Gasteiger partial charge < -0.3 is 19.9 Å². The van der Waals surface area contributed by atoms with E-state index in [-0.39, 0.29) is 25.2 Å². The smallest absolute Gasteiger partial charge is 0.416 e. The van der Waals surface area contributed by atoms with Crippen LogP contribution in [0.15, 0.2) is 48.5 Å². The predicted octanol–water partition coefficient (Wildman–Crippen LogP) is 6.48. The van der Waals surface area contributed by atoms with Crippen LogP contribution in [0.25, 0.3) is 11.1 Å². The molecule has 3 aromatic rings. The number of aliphatic hydroxyl groups excluding tert-OH is 1. The van der Waals surface area contributed by atoms with Gasteiger partial charge in [0, 0.05) is 4.88 Å². The summed E-state index contributed by atoms with van der Waals surface area (Å²) in [6.45, 7) is 9.25. The number of thiophene rings is 1. The lowest BCUT2D eigenvalue weighted by molar-refractivity contribution is -0.152. The van der Waals surface area contributed by atoms with Crippen LogP contribution in [0.2, 0.25) is 0 Å². The molecule has 0 spiro atoms. The quantitative estimate of drug-likeness (QED) is 0.276. The topological polar surface area (TPSA) is 84.9 Å². The third-order valence-corrected chi connectivity index (χ3v) is 7.17. The van der Waals surface area contributed by atoms with Crippen LogP contribution >= 0.6 is 11.3 Å². The van der Waals surface area contributed by atoms with Crippen LogP contribution in [-0.4, -0.2) is 36.2 Å². The highest BCUT2D eigenvalue weighted by molar-refractivity contribution is 7.14. The molecule has 6 nitrogen and oxygen atoms in total. The average Bonchev–Trinajstić information content (AvgIpc) is 3.35. The molecule has 1 amide bonds. The zero-order chi connectivity index (χ0) is 28.9. The molecule has 0 fully saturated rings. The number of rotatable bonds is 10. The lowest BCUT2D eigenvalue weighted by atomic mass is 9.94. The Kier molecular flexibility index (Phi) is 9.79. The monoisotopic (exact) mass is 563 g/mol. The second-order valence-corrected chi connectivity index (χ2v) is 10.6. The molecular weight excluding hydrogens is 531 g/mol. The first kappa shape index (κ1) is 30.2. The molecule has 0 aliphatic carbocycles. The van der Waals surface area contributed by atoms with E-state index in [9.17, 15) is 27.9 Å². The highest BCUT2D eigenvalue weighted by Gasteiger charge is 2.30. The summed E-state index contributed by atoms with van der Waals surface area (Å²) in [4.78, 5) is 25.3. The maximum Gasteiger partial charge on any atom is 0.416 e. The molecule has 0 aliphatic heterocycles. The van der Waals surface area contributed by atoms with Crippen molar-refractivity contribution in [2.45, 2.75) is 53.0 Å². The van der Waals surface area contributed by atoms with Gasteiger partial charge in [0.25, 0.3) is 5.91 Å². The molecule has 1 aromatic heterocycles. The number of alkyl halides is 3. The molecule has 0 saturated carbocycles. The summed E-state index contributed by atoms with van der Waals surface area (Å²) in [5, 5.41) is 12.3. The van der Waals surface area contributed by atoms with Gasteiger partial charge in [0.05, 0.1) is 23.6 Å². The highest BCUT2D eigenvalue weighted by atomic mass is 32.1. The van der Waals surface area contributed by atoms with E-state index in [0.717, 1.165) is 33.7 Å². The molecular formula is C29H32F3NO5S. The van der Waals surface area contributed by atoms with Crippen molar-refractivity contribution < 1.29 is 37.3 Å². The molecule has 0 aliphatic rings. The van der Waals surface area contributed by atoms with Gasteiger partial charge >= 0.3 is 12.1 Å². The minimum atomic E-state index is -4.39. The Morgan fingerprint density at radius 3 is 2.18 bits per heavy atom. The molecule has 0 radical (unpaired) electrons. The fourth-order valence-electron chi connectivity index (χ4n) is 4.17. The van der Waals surface area contributed by atoms with E-state index in [4.69, 9.17) is 9.47 Å². The van der Waals surface area contributed by atoms with Crippen LogP contribution in [-0.2, 0) is 15.7 Å². The number of esters is 1. The van der Waals surface area contributed by atoms with Gasteiger partial charge in [0.15, 0.2) is 6.10 Å². The largest absolute Gasteiger partial charge is 0.485 e. The van der Waals surface area contributed by atoms with Crippen LogP contribution < -0.4 is 10.1 Å². The van der Waals surface area contributed by atoms with E-state index in [1.165, 1.54) is 23.5 Å². The SMILES string of the molecule is CCOC(=O)[C@@H](O)CNC(=O)c1ccc(C(Oc2cc(C)c(-c3ccc(C(F)(F)F)cc3)c(C)c2)C(C)C)s1. The lowest BCUT2D eigenvalue weighted by Gasteiger charge is -2.23. The van der Waals surface area contributed by atoms with Gasteiger partial charge in [-0.25, -0.2) is 4.79 Å². The molecule has 39 heavy (non-hydrogen) atoms. The Morgan fingerprint density at radius 1 is 1.03 bits per heavy atom. The maximum absolute atomic E-state index is 13.0. The first-order chi connectivity index (χ1) is 18.3. The van der Waals surface area contributed by atoms with Gasteiger partial charge in [-0.15, -0.1) is 11.3 Å². The van der Waals surface area contributed by atoms with Gasteiger partial charge in [-0.05, 0) is 85.3 Å². The standard InChI is InChI=1S/C29H32F3NO5S/c1-6-37-28(36)22(34)15-33-27(35)24-12-11-23(39-24)26(16(2)3)38-21-13-17(4)25(18(5)14-21)19-7-9-20(10-8-19)29(30,31)32/h7-14,16,22,26,34H,6,15H2,1-5H3,(H,33,35)/t22-,26?/m0/s1. The Balaban J connectivity index is 1.75. The molecule has 2 atom stereocenters. The summed E-state index contributed by atoms with van der Waals surface area (Å²) in [5.74, 6) is -0.561. The van der Waals surface area contributed by atoms with Gasteiger partial charge in [-0.1, -0.05) is 26.0 Å². The number of ether oxygens (including phenoxy) is 2. The van der Waals surface area contributed by atoms with Crippen molar-refractivity contribution in [1.82, 2.24) is 5.32 Å². The number of aryl methyl sites for hydroxylation is 2. The fourth-order valence-corrected chi connectivity index (χ4v) is 5.30. The van der Waals surface area contributed by atoms with E-state index >= 15 is 0 Å². The number of hydrogen-bond donors (Lipinski definition) is 2. The van der Waals surface area contributed by atoms with Gasteiger partial charge in [0.2, 0.25) is 0 Å². The van der Waals surface area contributed by atoms with Crippen LogP contribution in [0.5, 0.6) is 5.75 Å². The second-order valence-electron chi connectivity index (χ2n) is 9.47. The fraction of sp³-hybridized carbons (Fsp3) is 0.379. The Hall–Kier alpha value is -3.37. The zero-order valence-corrected chi connectivity index (χ0v) is 23.2. The van der Waals surface area contributed by atoms with Gasteiger partial charge in [-0.3, -0.25) is 4.79 Å². The molecule has 1 unspecified atom stereocenters. The van der Waals surface area contributed by atoms with Crippen molar-refractivity contribution in [3.63, 3.8) is 0 Å².